The predicted octanol–water partition coefficient (Wildman–Crippen LogP) is 6.94. The van der Waals surface area contributed by atoms with Gasteiger partial charge in [-0.25, -0.2) is 0 Å². The molecule has 3 nitrogen and oxygen atoms in total. The topological polar surface area (TPSA) is 33.1 Å². The number of benzene rings is 4. The molecule has 0 bridgehead atoms. The first-order valence-electron chi connectivity index (χ1n) is 13.6. The minimum Gasteiger partial charge on any atom is -0.382 e. The van der Waals surface area contributed by atoms with E-state index >= 15 is 0 Å². The van der Waals surface area contributed by atoms with E-state index in [0.717, 1.165) is 40.5 Å². The summed E-state index contributed by atoms with van der Waals surface area (Å²) in [5.74, 6) is 1.25. The molecule has 1 spiro atoms. The van der Waals surface area contributed by atoms with Gasteiger partial charge >= 0.3 is 0 Å². The molecule has 5 aromatic rings. The van der Waals surface area contributed by atoms with Gasteiger partial charge in [0.2, 0.25) is 0 Å². The molecule has 3 fully saturated rings. The molecule has 1 N–H and O–H groups in total. The van der Waals surface area contributed by atoms with Crippen molar-refractivity contribution in [1.82, 2.24) is 4.98 Å². The van der Waals surface area contributed by atoms with E-state index in [1.54, 1.807) is 0 Å². The zero-order valence-corrected chi connectivity index (χ0v) is 20.9. The van der Waals surface area contributed by atoms with Gasteiger partial charge in [0.1, 0.15) is 24.2 Å². The Bertz CT molecular complexity index is 1670. The van der Waals surface area contributed by atoms with Crippen molar-refractivity contribution in [2.45, 2.75) is 37.1 Å². The van der Waals surface area contributed by atoms with Crippen molar-refractivity contribution in [2.75, 3.05) is 6.54 Å². The molecule has 37 heavy (non-hydrogen) atoms. The number of fused-ring (bicyclic) bond motifs is 3. The normalized spacial score (nSPS) is 30.6. The smallest absolute Gasteiger partial charge is 0.132 e. The van der Waals surface area contributed by atoms with Gasteiger partial charge in [0.05, 0.1) is 18.5 Å². The fourth-order valence-corrected chi connectivity index (χ4v) is 8.75. The first kappa shape index (κ1) is 21.5. The van der Waals surface area contributed by atoms with Crippen LogP contribution in [0.4, 0.5) is 0 Å². The molecule has 6 atom stereocenters. The maximum atomic E-state index is 12.1. The van der Waals surface area contributed by atoms with Gasteiger partial charge in [-0.1, -0.05) is 72.8 Å². The van der Waals surface area contributed by atoms with Crippen LogP contribution in [-0.2, 0) is 6.54 Å². The van der Waals surface area contributed by atoms with Gasteiger partial charge in [-0.3, -0.25) is 4.98 Å². The number of nitrogens with zero attached hydrogens (tertiary/aromatic N) is 2. The highest BCUT2D eigenvalue weighted by atomic mass is 16.3. The summed E-state index contributed by atoms with van der Waals surface area (Å²) in [5.41, 5.74) is 3.63. The fraction of sp³-hybridized carbons (Fsp3) is 0.265. The lowest BCUT2D eigenvalue weighted by Gasteiger charge is -2.60. The highest BCUT2D eigenvalue weighted by molar-refractivity contribution is 6.02. The van der Waals surface area contributed by atoms with E-state index in [2.05, 4.69) is 84.4 Å². The van der Waals surface area contributed by atoms with Crippen LogP contribution in [0.2, 0.25) is 0 Å². The van der Waals surface area contributed by atoms with Crippen LogP contribution < -0.4 is 0 Å². The molecule has 0 radical (unpaired) electrons. The predicted molar refractivity (Wildman–Crippen MR) is 150 cm³/mol. The van der Waals surface area contributed by atoms with Gasteiger partial charge < -0.3 is 9.59 Å². The number of aliphatic hydroxyl groups excluding tert-OH is 1. The third-order valence-corrected chi connectivity index (χ3v) is 10.3. The van der Waals surface area contributed by atoms with E-state index in [-0.39, 0.29) is 11.6 Å². The SMILES string of the molecule is C=CC1C2CC[N+]3(Cc4c5ccccc5cc5ccccc45)C(C(O)c4ccnc5ccccc45)CC123. The molecule has 1 saturated carbocycles. The number of aromatic nitrogens is 1. The number of pyridine rings is 1. The summed E-state index contributed by atoms with van der Waals surface area (Å²) in [4.78, 5) is 4.57. The average Bonchev–Trinajstić information content (AvgIpc) is 3.55. The maximum Gasteiger partial charge on any atom is 0.132 e. The minimum atomic E-state index is -0.524. The molecule has 182 valence electrons. The van der Waals surface area contributed by atoms with E-state index < -0.39 is 6.10 Å². The number of hydrogen-bond acceptors (Lipinski definition) is 2. The second kappa shape index (κ2) is 7.50. The van der Waals surface area contributed by atoms with Crippen LogP contribution in [0.1, 0.15) is 30.1 Å². The summed E-state index contributed by atoms with van der Waals surface area (Å²) in [6, 6.07) is 30.4. The third kappa shape index (κ3) is 2.66. The molecular formula is C34H31N2O+. The zero-order chi connectivity index (χ0) is 24.8. The number of hydrogen-bond donors (Lipinski definition) is 1. The lowest BCUT2D eigenvalue weighted by atomic mass is 9.77. The fourth-order valence-electron chi connectivity index (χ4n) is 8.75. The highest BCUT2D eigenvalue weighted by Gasteiger charge is 2.87. The van der Waals surface area contributed by atoms with Crippen LogP contribution in [0, 0.1) is 11.8 Å². The van der Waals surface area contributed by atoms with Crippen molar-refractivity contribution in [1.29, 1.82) is 0 Å². The van der Waals surface area contributed by atoms with Gasteiger partial charge in [-0.2, -0.15) is 0 Å². The zero-order valence-electron chi connectivity index (χ0n) is 20.9. The number of quaternary nitrogens is 1. The summed E-state index contributed by atoms with van der Waals surface area (Å²) in [6.07, 6.45) is 5.83. The van der Waals surface area contributed by atoms with Crippen LogP contribution in [-0.4, -0.2) is 32.7 Å². The first-order valence-corrected chi connectivity index (χ1v) is 13.6. The number of rotatable bonds is 5. The maximum absolute atomic E-state index is 12.1. The number of para-hydroxylation sites is 1. The summed E-state index contributed by atoms with van der Waals surface area (Å²) < 4.78 is 0.976. The Morgan fingerprint density at radius 3 is 2.32 bits per heavy atom. The van der Waals surface area contributed by atoms with Gasteiger partial charge in [-0.05, 0) is 45.3 Å². The Hall–Kier alpha value is -3.53. The molecule has 2 saturated heterocycles. The molecule has 3 heteroatoms. The van der Waals surface area contributed by atoms with Gasteiger partial charge in [0, 0.05) is 35.4 Å². The Balaban J connectivity index is 1.30. The minimum absolute atomic E-state index is 0.165. The quantitative estimate of drug-likeness (QED) is 0.167. The Labute approximate surface area is 217 Å². The van der Waals surface area contributed by atoms with Crippen molar-refractivity contribution in [3.63, 3.8) is 0 Å². The van der Waals surface area contributed by atoms with E-state index in [1.165, 1.54) is 33.5 Å². The number of piperidine rings is 1. The Kier molecular flexibility index (Phi) is 4.37. The van der Waals surface area contributed by atoms with E-state index in [4.69, 9.17) is 0 Å². The lowest BCUT2D eigenvalue weighted by molar-refractivity contribution is -1.03. The molecule has 3 aliphatic rings. The summed E-state index contributed by atoms with van der Waals surface area (Å²) in [7, 11) is 0. The van der Waals surface area contributed by atoms with Crippen molar-refractivity contribution in [2.24, 2.45) is 11.8 Å². The third-order valence-electron chi connectivity index (χ3n) is 10.3. The van der Waals surface area contributed by atoms with Crippen molar-refractivity contribution in [3.05, 3.63) is 115 Å². The summed E-state index contributed by atoms with van der Waals surface area (Å²) in [6.45, 7) is 6.32. The molecular weight excluding hydrogens is 452 g/mol. The highest BCUT2D eigenvalue weighted by Crippen LogP contribution is 2.76. The first-order chi connectivity index (χ1) is 18.2. The Morgan fingerprint density at radius 2 is 1.62 bits per heavy atom. The lowest BCUT2D eigenvalue weighted by Crippen LogP contribution is -2.73. The van der Waals surface area contributed by atoms with E-state index in [9.17, 15) is 5.11 Å². The van der Waals surface area contributed by atoms with Crippen LogP contribution in [0.5, 0.6) is 0 Å². The van der Waals surface area contributed by atoms with Crippen LogP contribution in [0.15, 0.2) is 104 Å². The molecule has 1 aromatic heterocycles. The van der Waals surface area contributed by atoms with Gasteiger partial charge in [0.15, 0.2) is 0 Å². The average molecular weight is 484 g/mol. The van der Waals surface area contributed by atoms with Gasteiger partial charge in [0.25, 0.3) is 0 Å². The number of aliphatic hydroxyl groups is 1. The second-order valence-electron chi connectivity index (χ2n) is 11.5. The van der Waals surface area contributed by atoms with Crippen molar-refractivity contribution < 1.29 is 9.59 Å². The summed E-state index contributed by atoms with van der Waals surface area (Å²) in [5, 5.41) is 18.4. The van der Waals surface area contributed by atoms with Crippen molar-refractivity contribution in [3.8, 4) is 0 Å². The van der Waals surface area contributed by atoms with E-state index in [0.29, 0.717) is 11.8 Å². The molecule has 0 amide bonds. The molecule has 2 aliphatic heterocycles. The molecule has 1 aliphatic carbocycles. The summed E-state index contributed by atoms with van der Waals surface area (Å²) >= 11 is 0. The van der Waals surface area contributed by atoms with Crippen molar-refractivity contribution >= 4 is 32.4 Å². The van der Waals surface area contributed by atoms with Crippen LogP contribution in [0.3, 0.4) is 0 Å². The largest absolute Gasteiger partial charge is 0.382 e. The van der Waals surface area contributed by atoms with Gasteiger partial charge in [-0.15, -0.1) is 6.58 Å². The Morgan fingerprint density at radius 1 is 0.946 bits per heavy atom. The van der Waals surface area contributed by atoms with Crippen LogP contribution in [0.25, 0.3) is 32.4 Å². The molecule has 4 aromatic carbocycles. The molecule has 6 unspecified atom stereocenters. The van der Waals surface area contributed by atoms with Crippen LogP contribution >= 0.6 is 0 Å². The second-order valence-corrected chi connectivity index (χ2v) is 11.5. The van der Waals surface area contributed by atoms with E-state index in [1.807, 2.05) is 24.4 Å². The monoisotopic (exact) mass is 483 g/mol. The molecule has 3 heterocycles. The standard InChI is InChI=1S/C34H31N2O/c1-2-29-30-16-18-36(21-28-24-11-5-3-9-22(24)19-23-10-4-6-12-25(23)28)32(20-34(29,30)36)33(37)27-15-17-35-31-14-8-7-13-26(27)31/h2-15,17,19,29-30,32-33,37H,1,16,18,20-21H2/q+1. The molecule has 8 rings (SSSR count).